The molecule has 0 aromatic carbocycles. The highest BCUT2D eigenvalue weighted by atomic mass is 16.2. The second-order valence-corrected chi connectivity index (χ2v) is 4.51. The van der Waals surface area contributed by atoms with Crippen molar-refractivity contribution >= 4 is 0 Å². The van der Waals surface area contributed by atoms with Crippen molar-refractivity contribution < 1.29 is 5.11 Å². The maximum absolute atomic E-state index is 8.64. The van der Waals surface area contributed by atoms with Crippen LogP contribution in [0.15, 0.2) is 0 Å². The average molecular weight is 199 g/mol. The third-order valence-corrected chi connectivity index (χ3v) is 3.44. The molecule has 14 heavy (non-hydrogen) atoms. The van der Waals surface area contributed by atoms with Gasteiger partial charge in [0.05, 0.1) is 0 Å². The Balaban J connectivity index is 1.98. The first-order valence-electron chi connectivity index (χ1n) is 6.21. The molecule has 1 aliphatic carbocycles. The lowest BCUT2D eigenvalue weighted by molar-refractivity contribution is 0.269. The highest BCUT2D eigenvalue weighted by Gasteiger charge is 2.18. The zero-order chi connectivity index (χ0) is 10.2. The van der Waals surface area contributed by atoms with E-state index in [2.05, 4.69) is 12.2 Å². The van der Waals surface area contributed by atoms with Crippen LogP contribution in [0.5, 0.6) is 0 Å². The summed E-state index contributed by atoms with van der Waals surface area (Å²) in [5.74, 6) is 0.991. The Morgan fingerprint density at radius 2 is 1.86 bits per heavy atom. The van der Waals surface area contributed by atoms with Crippen molar-refractivity contribution in [2.24, 2.45) is 5.92 Å². The van der Waals surface area contributed by atoms with E-state index in [-0.39, 0.29) is 0 Å². The summed E-state index contributed by atoms with van der Waals surface area (Å²) in [6, 6.07) is 0.761. The molecule has 2 nitrogen and oxygen atoms in total. The summed E-state index contributed by atoms with van der Waals surface area (Å²) >= 11 is 0. The van der Waals surface area contributed by atoms with Crippen molar-refractivity contribution in [3.63, 3.8) is 0 Å². The van der Waals surface area contributed by atoms with Crippen LogP contribution in [0.25, 0.3) is 0 Å². The van der Waals surface area contributed by atoms with Crippen LogP contribution in [-0.4, -0.2) is 24.3 Å². The normalized spacial score (nSPS) is 27.9. The van der Waals surface area contributed by atoms with E-state index in [0.29, 0.717) is 6.61 Å². The van der Waals surface area contributed by atoms with Crippen LogP contribution in [-0.2, 0) is 0 Å². The zero-order valence-electron chi connectivity index (χ0n) is 9.47. The largest absolute Gasteiger partial charge is 0.396 e. The van der Waals surface area contributed by atoms with Gasteiger partial charge in [0.2, 0.25) is 0 Å². The van der Waals surface area contributed by atoms with Gasteiger partial charge in [-0.3, -0.25) is 0 Å². The van der Waals surface area contributed by atoms with E-state index < -0.39 is 0 Å². The molecule has 0 aliphatic heterocycles. The van der Waals surface area contributed by atoms with E-state index in [9.17, 15) is 0 Å². The summed E-state index contributed by atoms with van der Waals surface area (Å²) in [5.41, 5.74) is 0. The van der Waals surface area contributed by atoms with E-state index in [1.165, 1.54) is 32.1 Å². The van der Waals surface area contributed by atoms with Gasteiger partial charge in [-0.05, 0) is 51.0 Å². The molecule has 84 valence electrons. The van der Waals surface area contributed by atoms with Gasteiger partial charge in [-0.2, -0.15) is 0 Å². The molecular formula is C12H25NO. The Kier molecular flexibility index (Phi) is 6.20. The van der Waals surface area contributed by atoms with Gasteiger partial charge in [0, 0.05) is 12.6 Å². The first kappa shape index (κ1) is 12.0. The van der Waals surface area contributed by atoms with Crippen molar-refractivity contribution in [1.29, 1.82) is 0 Å². The number of nitrogens with one attached hydrogen (secondary N) is 1. The lowest BCUT2D eigenvalue weighted by Gasteiger charge is -2.28. The van der Waals surface area contributed by atoms with E-state index in [1.54, 1.807) is 0 Å². The zero-order valence-corrected chi connectivity index (χ0v) is 9.47. The van der Waals surface area contributed by atoms with E-state index >= 15 is 0 Å². The maximum Gasteiger partial charge on any atom is 0.0431 e. The second-order valence-electron chi connectivity index (χ2n) is 4.51. The van der Waals surface area contributed by atoms with E-state index in [1.807, 2.05) is 0 Å². The average Bonchev–Trinajstić information content (AvgIpc) is 2.25. The van der Waals surface area contributed by atoms with Gasteiger partial charge < -0.3 is 10.4 Å². The van der Waals surface area contributed by atoms with Gasteiger partial charge in [0.15, 0.2) is 0 Å². The van der Waals surface area contributed by atoms with E-state index in [4.69, 9.17) is 5.11 Å². The highest BCUT2D eigenvalue weighted by molar-refractivity contribution is 4.76. The number of unbranched alkanes of at least 4 members (excludes halogenated alkanes) is 1. The fraction of sp³-hybridized carbons (Fsp3) is 1.00. The summed E-state index contributed by atoms with van der Waals surface area (Å²) in [6.45, 7) is 3.73. The molecule has 0 unspecified atom stereocenters. The topological polar surface area (TPSA) is 32.3 Å². The Morgan fingerprint density at radius 1 is 1.14 bits per heavy atom. The molecule has 0 spiro atoms. The lowest BCUT2D eigenvalue weighted by Crippen LogP contribution is -2.33. The van der Waals surface area contributed by atoms with Crippen LogP contribution in [0, 0.1) is 5.92 Å². The third-order valence-electron chi connectivity index (χ3n) is 3.44. The summed E-state index contributed by atoms with van der Waals surface area (Å²) in [4.78, 5) is 0. The standard InChI is InChI=1S/C12H25NO/c1-2-11-5-7-12(8-6-11)13-9-3-4-10-14/h11-14H,2-10H2,1H3. The number of hydrogen-bond donors (Lipinski definition) is 2. The Morgan fingerprint density at radius 3 is 2.43 bits per heavy atom. The summed E-state index contributed by atoms with van der Waals surface area (Å²) in [7, 11) is 0. The minimum atomic E-state index is 0.338. The number of aliphatic hydroxyl groups is 1. The van der Waals surface area contributed by atoms with Crippen molar-refractivity contribution in [2.45, 2.75) is 57.9 Å². The van der Waals surface area contributed by atoms with Gasteiger partial charge in [-0.1, -0.05) is 13.3 Å². The Bertz CT molecular complexity index is 130. The molecule has 1 fully saturated rings. The molecule has 0 radical (unpaired) electrons. The van der Waals surface area contributed by atoms with Gasteiger partial charge in [0.25, 0.3) is 0 Å². The van der Waals surface area contributed by atoms with Crippen LogP contribution in [0.2, 0.25) is 0 Å². The first-order valence-corrected chi connectivity index (χ1v) is 6.21. The van der Waals surface area contributed by atoms with Crippen molar-refractivity contribution in [1.82, 2.24) is 5.32 Å². The third kappa shape index (κ3) is 4.43. The molecule has 0 aromatic rings. The molecule has 2 heteroatoms. The van der Waals surface area contributed by atoms with Crippen molar-refractivity contribution in [2.75, 3.05) is 13.2 Å². The van der Waals surface area contributed by atoms with Crippen LogP contribution >= 0.6 is 0 Å². The number of hydrogen-bond acceptors (Lipinski definition) is 2. The van der Waals surface area contributed by atoms with Crippen LogP contribution in [0.3, 0.4) is 0 Å². The lowest BCUT2D eigenvalue weighted by atomic mass is 9.84. The molecule has 1 rings (SSSR count). The molecule has 1 aliphatic rings. The van der Waals surface area contributed by atoms with Gasteiger partial charge in [-0.25, -0.2) is 0 Å². The fourth-order valence-corrected chi connectivity index (χ4v) is 2.32. The first-order chi connectivity index (χ1) is 6.86. The van der Waals surface area contributed by atoms with Crippen LogP contribution in [0.1, 0.15) is 51.9 Å². The maximum atomic E-state index is 8.64. The number of rotatable bonds is 6. The summed E-state index contributed by atoms with van der Waals surface area (Å²) in [5, 5.41) is 12.2. The molecular weight excluding hydrogens is 174 g/mol. The summed E-state index contributed by atoms with van der Waals surface area (Å²) < 4.78 is 0. The minimum Gasteiger partial charge on any atom is -0.396 e. The predicted molar refractivity (Wildman–Crippen MR) is 60.4 cm³/mol. The highest BCUT2D eigenvalue weighted by Crippen LogP contribution is 2.26. The Hall–Kier alpha value is -0.0800. The molecule has 2 N–H and O–H groups in total. The molecule has 0 saturated heterocycles. The molecule has 0 bridgehead atoms. The monoisotopic (exact) mass is 199 g/mol. The Labute approximate surface area is 88.1 Å². The molecule has 0 heterocycles. The van der Waals surface area contributed by atoms with Gasteiger partial charge in [0.1, 0.15) is 0 Å². The molecule has 0 aromatic heterocycles. The van der Waals surface area contributed by atoms with E-state index in [0.717, 1.165) is 31.3 Å². The van der Waals surface area contributed by atoms with Gasteiger partial charge >= 0.3 is 0 Å². The molecule has 0 atom stereocenters. The molecule has 1 saturated carbocycles. The molecule has 0 amide bonds. The van der Waals surface area contributed by atoms with Crippen molar-refractivity contribution in [3.05, 3.63) is 0 Å². The predicted octanol–water partition coefficient (Wildman–Crippen LogP) is 2.32. The van der Waals surface area contributed by atoms with Gasteiger partial charge in [-0.15, -0.1) is 0 Å². The van der Waals surface area contributed by atoms with Crippen molar-refractivity contribution in [3.8, 4) is 0 Å². The second kappa shape index (κ2) is 7.24. The fourth-order valence-electron chi connectivity index (χ4n) is 2.32. The quantitative estimate of drug-likeness (QED) is 0.643. The smallest absolute Gasteiger partial charge is 0.0431 e. The van der Waals surface area contributed by atoms with Crippen LogP contribution < -0.4 is 5.32 Å². The summed E-state index contributed by atoms with van der Waals surface area (Å²) in [6.07, 6.45) is 8.95. The number of aliphatic hydroxyl groups excluding tert-OH is 1. The minimum absolute atomic E-state index is 0.338. The van der Waals surface area contributed by atoms with Crippen LogP contribution in [0.4, 0.5) is 0 Å². The SMILES string of the molecule is CCC1CCC(NCCCCO)CC1.